The summed E-state index contributed by atoms with van der Waals surface area (Å²) >= 11 is 3.78. The molecule has 0 amide bonds. The molecule has 110 valence electrons. The molecule has 0 aliphatic heterocycles. The molecule has 0 N–H and O–H groups in total. The number of fused-ring (bicyclic) bond motifs is 6. The summed E-state index contributed by atoms with van der Waals surface area (Å²) in [7, 11) is 0. The van der Waals surface area contributed by atoms with Crippen molar-refractivity contribution < 1.29 is 0 Å². The minimum atomic E-state index is 0.129. The van der Waals surface area contributed by atoms with E-state index in [1.165, 1.54) is 43.1 Å². The van der Waals surface area contributed by atoms with Crippen LogP contribution < -0.4 is 0 Å². The minimum Gasteiger partial charge on any atom is -0.143 e. The molecule has 2 aliphatic rings. The molecule has 0 bridgehead atoms. The molecule has 3 aromatic rings. The summed E-state index contributed by atoms with van der Waals surface area (Å²) in [5.41, 5.74) is 9.21. The first-order valence-corrected chi connectivity index (χ1v) is 9.54. The Bertz CT molecular complexity index is 857. The van der Waals surface area contributed by atoms with Gasteiger partial charge in [0.2, 0.25) is 0 Å². The molecule has 0 fully saturated rings. The van der Waals surface area contributed by atoms with Crippen LogP contribution in [-0.4, -0.2) is 0 Å². The van der Waals surface area contributed by atoms with Gasteiger partial charge in [-0.3, -0.25) is 0 Å². The van der Waals surface area contributed by atoms with Gasteiger partial charge in [-0.2, -0.15) is 0 Å². The monoisotopic (exact) mass is 322 g/mol. The Hall–Kier alpha value is -1.38. The lowest BCUT2D eigenvalue weighted by Gasteiger charge is -2.24. The first-order valence-electron chi connectivity index (χ1n) is 7.78. The zero-order valence-electron chi connectivity index (χ0n) is 13.3. The zero-order valence-corrected chi connectivity index (χ0v) is 14.9. The van der Waals surface area contributed by atoms with E-state index in [0.717, 1.165) is 0 Å². The lowest BCUT2D eigenvalue weighted by Crippen LogP contribution is -2.16. The van der Waals surface area contributed by atoms with Crippen molar-refractivity contribution in [2.24, 2.45) is 0 Å². The Labute approximate surface area is 139 Å². The number of rotatable bonds is 0. The van der Waals surface area contributed by atoms with Crippen LogP contribution in [0.3, 0.4) is 0 Å². The van der Waals surface area contributed by atoms with Crippen molar-refractivity contribution >= 4 is 22.7 Å². The molecular weight excluding hydrogens is 304 g/mol. The van der Waals surface area contributed by atoms with Crippen LogP contribution in [0.5, 0.6) is 0 Å². The van der Waals surface area contributed by atoms with Gasteiger partial charge in [0.05, 0.1) is 0 Å². The van der Waals surface area contributed by atoms with Gasteiger partial charge in [0.25, 0.3) is 0 Å². The number of hydrogen-bond acceptors (Lipinski definition) is 2. The molecule has 2 heteroatoms. The van der Waals surface area contributed by atoms with Gasteiger partial charge in [-0.15, -0.1) is 22.7 Å². The third-order valence-electron chi connectivity index (χ3n) is 5.67. The summed E-state index contributed by atoms with van der Waals surface area (Å²) in [6.07, 6.45) is 0. The molecule has 2 heterocycles. The molecule has 22 heavy (non-hydrogen) atoms. The van der Waals surface area contributed by atoms with Crippen LogP contribution in [0.1, 0.15) is 49.9 Å². The summed E-state index contributed by atoms with van der Waals surface area (Å²) in [6.45, 7) is 9.47. The summed E-state index contributed by atoms with van der Waals surface area (Å²) in [6, 6.07) is 9.60. The number of benzene rings is 1. The van der Waals surface area contributed by atoms with E-state index in [0.29, 0.717) is 0 Å². The molecule has 0 saturated heterocycles. The molecule has 0 atom stereocenters. The van der Waals surface area contributed by atoms with Crippen molar-refractivity contribution in [1.82, 2.24) is 0 Å². The number of thiophene rings is 2. The van der Waals surface area contributed by atoms with Crippen molar-refractivity contribution in [3.8, 4) is 20.9 Å². The molecule has 2 aliphatic carbocycles. The second-order valence-corrected chi connectivity index (χ2v) is 9.35. The molecule has 5 rings (SSSR count). The maximum absolute atomic E-state index is 2.49. The van der Waals surface area contributed by atoms with Gasteiger partial charge in [-0.05, 0) is 68.4 Å². The summed E-state index contributed by atoms with van der Waals surface area (Å²) < 4.78 is 0. The standard InChI is InChI=1S/C20H18S2/c1-19(2)13-5-7-21-17(13)11-10-16-12(9-15(11)19)18-14(6-8-22-18)20(16,3)4/h5-10H,1-4H3. The molecule has 2 aromatic heterocycles. The number of hydrogen-bond donors (Lipinski definition) is 0. The van der Waals surface area contributed by atoms with Crippen LogP contribution >= 0.6 is 22.7 Å². The fourth-order valence-electron chi connectivity index (χ4n) is 4.32. The summed E-state index contributed by atoms with van der Waals surface area (Å²) in [5.74, 6) is 0. The normalized spacial score (nSPS) is 18.7. The zero-order chi connectivity index (χ0) is 15.3. The second kappa shape index (κ2) is 3.74. The summed E-state index contributed by atoms with van der Waals surface area (Å²) in [4.78, 5) is 2.96. The minimum absolute atomic E-state index is 0.129. The fraction of sp³-hybridized carbons (Fsp3) is 0.300. The quantitative estimate of drug-likeness (QED) is 0.448. The van der Waals surface area contributed by atoms with Crippen LogP contribution in [0.4, 0.5) is 0 Å². The molecule has 1 aromatic carbocycles. The smallest absolute Gasteiger partial charge is 0.0386 e. The lowest BCUT2D eigenvalue weighted by atomic mass is 9.79. The van der Waals surface area contributed by atoms with Gasteiger partial charge in [0, 0.05) is 20.6 Å². The fourth-order valence-corrected chi connectivity index (χ4v) is 6.49. The van der Waals surface area contributed by atoms with E-state index in [4.69, 9.17) is 0 Å². The highest BCUT2D eigenvalue weighted by atomic mass is 32.1. The Balaban J connectivity index is 1.89. The van der Waals surface area contributed by atoms with Gasteiger partial charge in [0.15, 0.2) is 0 Å². The first-order chi connectivity index (χ1) is 10.4. The maximum atomic E-state index is 2.49. The van der Waals surface area contributed by atoms with Gasteiger partial charge in [-0.25, -0.2) is 0 Å². The molecule has 0 radical (unpaired) electrons. The molecule has 0 saturated carbocycles. The van der Waals surface area contributed by atoms with E-state index in [9.17, 15) is 0 Å². The predicted octanol–water partition coefficient (Wildman–Crippen LogP) is 6.42. The highest BCUT2D eigenvalue weighted by molar-refractivity contribution is 7.14. The highest BCUT2D eigenvalue weighted by Crippen LogP contribution is 2.57. The van der Waals surface area contributed by atoms with Crippen molar-refractivity contribution in [1.29, 1.82) is 0 Å². The Morgan fingerprint density at radius 3 is 1.45 bits per heavy atom. The van der Waals surface area contributed by atoms with Crippen molar-refractivity contribution in [3.63, 3.8) is 0 Å². The van der Waals surface area contributed by atoms with E-state index in [1.807, 2.05) is 22.7 Å². The van der Waals surface area contributed by atoms with Crippen LogP contribution in [0, 0.1) is 0 Å². The van der Waals surface area contributed by atoms with Crippen LogP contribution in [0.15, 0.2) is 35.0 Å². The third kappa shape index (κ3) is 1.30. The third-order valence-corrected chi connectivity index (χ3v) is 7.57. The maximum Gasteiger partial charge on any atom is 0.0386 e. The van der Waals surface area contributed by atoms with Gasteiger partial charge < -0.3 is 0 Å². The topological polar surface area (TPSA) is 0 Å². The van der Waals surface area contributed by atoms with E-state index < -0.39 is 0 Å². The van der Waals surface area contributed by atoms with Crippen molar-refractivity contribution in [3.05, 3.63) is 57.3 Å². The van der Waals surface area contributed by atoms with Crippen molar-refractivity contribution in [2.75, 3.05) is 0 Å². The van der Waals surface area contributed by atoms with Crippen LogP contribution in [0.25, 0.3) is 20.9 Å². The Kier molecular flexibility index (Phi) is 2.23. The van der Waals surface area contributed by atoms with E-state index >= 15 is 0 Å². The average Bonchev–Trinajstić information content (AvgIpc) is 3.19. The largest absolute Gasteiger partial charge is 0.143 e. The van der Waals surface area contributed by atoms with E-state index in [1.54, 1.807) is 0 Å². The first kappa shape index (κ1) is 13.1. The molecule has 0 nitrogen and oxygen atoms in total. The molecule has 0 unspecified atom stereocenters. The SMILES string of the molecule is CC1(C)c2cc3c(cc2-c2sccc21)C(C)(C)c1ccsc1-3. The van der Waals surface area contributed by atoms with E-state index in [2.05, 4.69) is 62.7 Å². The molecule has 0 spiro atoms. The van der Waals surface area contributed by atoms with E-state index in [-0.39, 0.29) is 10.8 Å². The summed E-state index contributed by atoms with van der Waals surface area (Å²) in [5, 5.41) is 4.48. The molecular formula is C20H18S2. The van der Waals surface area contributed by atoms with Gasteiger partial charge in [-0.1, -0.05) is 27.7 Å². The predicted molar refractivity (Wildman–Crippen MR) is 97.3 cm³/mol. The van der Waals surface area contributed by atoms with Gasteiger partial charge >= 0.3 is 0 Å². The Morgan fingerprint density at radius 2 is 1.05 bits per heavy atom. The van der Waals surface area contributed by atoms with Crippen molar-refractivity contribution in [2.45, 2.75) is 38.5 Å². The van der Waals surface area contributed by atoms with Gasteiger partial charge in [0.1, 0.15) is 0 Å². The lowest BCUT2D eigenvalue weighted by molar-refractivity contribution is 0.653. The Morgan fingerprint density at radius 1 is 0.636 bits per heavy atom. The second-order valence-electron chi connectivity index (χ2n) is 7.52. The average molecular weight is 322 g/mol. The van der Waals surface area contributed by atoms with Crippen LogP contribution in [0.2, 0.25) is 0 Å². The van der Waals surface area contributed by atoms with Crippen LogP contribution in [-0.2, 0) is 10.8 Å². The highest BCUT2D eigenvalue weighted by Gasteiger charge is 2.42.